The van der Waals surface area contributed by atoms with Crippen LogP contribution in [-0.4, -0.2) is 38.9 Å². The van der Waals surface area contributed by atoms with Crippen molar-refractivity contribution in [1.82, 2.24) is 4.31 Å². The molecule has 3 rings (SSSR count). The number of hydrogen-bond donors (Lipinski definition) is 0. The number of halogens is 3. The van der Waals surface area contributed by atoms with E-state index in [1.54, 1.807) is 12.1 Å². The van der Waals surface area contributed by atoms with E-state index in [1.807, 2.05) is 30.3 Å². The number of benzene rings is 2. The van der Waals surface area contributed by atoms with Gasteiger partial charge in [0.2, 0.25) is 0 Å². The van der Waals surface area contributed by atoms with Crippen molar-refractivity contribution in [2.45, 2.75) is 19.8 Å². The predicted octanol–water partition coefficient (Wildman–Crippen LogP) is 8.19. The topological polar surface area (TPSA) is 63.7 Å². The van der Waals surface area contributed by atoms with Gasteiger partial charge in [-0.05, 0) is 55.6 Å². The third-order valence-electron chi connectivity index (χ3n) is 4.73. The fourth-order valence-electron chi connectivity index (χ4n) is 2.85. The first-order chi connectivity index (χ1) is 15.9. The van der Waals surface area contributed by atoms with E-state index in [-0.39, 0.29) is 6.99 Å². The molecule has 1 aliphatic rings. The van der Waals surface area contributed by atoms with E-state index in [4.69, 9.17) is 22.3 Å². The highest BCUT2D eigenvalue weighted by molar-refractivity contribution is 9.10. The number of carbonyl (C=O) groups is 1. The van der Waals surface area contributed by atoms with Crippen LogP contribution in [0.4, 0.5) is 0 Å². The molecule has 0 N–H and O–H groups in total. The van der Waals surface area contributed by atoms with Gasteiger partial charge in [0.15, 0.2) is 0 Å². The Hall–Kier alpha value is 1.03. The normalized spacial score (nSPS) is 14.9. The second-order valence-electron chi connectivity index (χ2n) is 7.26. The van der Waals surface area contributed by atoms with Crippen LogP contribution in [0.5, 0.6) is 0 Å². The van der Waals surface area contributed by atoms with E-state index in [0.717, 1.165) is 36.4 Å². The maximum atomic E-state index is 11.4. The minimum Gasteiger partial charge on any atom is -0.465 e. The molecule has 1 heterocycles. The van der Waals surface area contributed by atoms with Crippen molar-refractivity contribution in [2.75, 3.05) is 20.2 Å². The fraction of sp³-hybridized carbons (Fsp3) is 0.350. The van der Waals surface area contributed by atoms with Gasteiger partial charge in [-0.2, -0.15) is 12.7 Å². The van der Waals surface area contributed by atoms with Crippen LogP contribution in [0.25, 0.3) is 11.1 Å². The first-order valence-corrected chi connectivity index (χ1v) is 21.6. The molecule has 0 aliphatic carbocycles. The van der Waals surface area contributed by atoms with Crippen molar-refractivity contribution in [2.24, 2.45) is 5.92 Å². The average molecular weight is 685 g/mol. The molecule has 0 aromatic heterocycles. The molecule has 14 heteroatoms. The molecular formula is C20H29BrCl2NO4P5S. The Morgan fingerprint density at radius 2 is 1.79 bits per heavy atom. The Morgan fingerprint density at radius 1 is 1.21 bits per heavy atom. The lowest BCUT2D eigenvalue weighted by molar-refractivity contribution is 0.0600. The van der Waals surface area contributed by atoms with Crippen molar-refractivity contribution >= 4 is 95.2 Å². The molecule has 4 atom stereocenters. The van der Waals surface area contributed by atoms with Crippen LogP contribution in [0.3, 0.4) is 0 Å². The van der Waals surface area contributed by atoms with Crippen LogP contribution >= 0.6 is 79.9 Å². The zero-order valence-corrected chi connectivity index (χ0v) is 28.0. The zero-order chi connectivity index (χ0) is 25.9. The number of esters is 1. The Balaban J connectivity index is 0.000000307. The Bertz CT molecular complexity index is 1040. The summed E-state index contributed by atoms with van der Waals surface area (Å²) in [5.41, 5.74) is 2.32. The van der Waals surface area contributed by atoms with Crippen LogP contribution in [0, 0.1) is 5.92 Å². The summed E-state index contributed by atoms with van der Waals surface area (Å²) in [5, 5.41) is 0.524. The molecular weight excluding hydrogens is 656 g/mol. The molecule has 0 bridgehead atoms. The van der Waals surface area contributed by atoms with Gasteiger partial charge in [-0.15, -0.1) is 26.8 Å². The van der Waals surface area contributed by atoms with Gasteiger partial charge in [0.05, 0.1) is 12.7 Å². The summed E-state index contributed by atoms with van der Waals surface area (Å²) in [6.45, 7) is 3.50. The zero-order valence-electron chi connectivity index (χ0n) is 18.7. The first kappa shape index (κ1) is 33.1. The van der Waals surface area contributed by atoms with Crippen molar-refractivity contribution in [3.63, 3.8) is 0 Å². The molecule has 1 aliphatic heterocycles. The van der Waals surface area contributed by atoms with Gasteiger partial charge in [-0.25, -0.2) is 4.79 Å². The first-order valence-electron chi connectivity index (χ1n) is 9.98. The molecule has 0 amide bonds. The van der Waals surface area contributed by atoms with E-state index in [2.05, 4.69) is 54.4 Å². The molecule has 1 fully saturated rings. The van der Waals surface area contributed by atoms with Crippen molar-refractivity contribution < 1.29 is 17.9 Å². The minimum atomic E-state index is -3.44. The molecule has 34 heavy (non-hydrogen) atoms. The number of hydrogen-bond acceptors (Lipinski definition) is 4. The number of methoxy groups -OCH3 is 1. The Morgan fingerprint density at radius 3 is 2.24 bits per heavy atom. The summed E-state index contributed by atoms with van der Waals surface area (Å²) >= 11 is 9.61. The van der Waals surface area contributed by atoms with Gasteiger partial charge in [0.25, 0.3) is 9.24 Å². The van der Waals surface area contributed by atoms with Crippen LogP contribution < -0.4 is 0 Å². The van der Waals surface area contributed by atoms with Gasteiger partial charge >= 0.3 is 5.97 Å². The summed E-state index contributed by atoms with van der Waals surface area (Å²) in [4.78, 5) is 11.4. The summed E-state index contributed by atoms with van der Waals surface area (Å²) in [6, 6.07) is 12.9. The molecule has 4 unspecified atom stereocenters. The second kappa shape index (κ2) is 16.8. The Kier molecular flexibility index (Phi) is 16.3. The standard InChI is InChI=1S/C14H10BrClO2.C6H12ClNO2S.H7P5/c1-18-14(17)10-5-6-12(13(16)8-10)9-3-2-4-11(15)7-9;1-6-2-4-8(5-3-6)11(7,9)10;1-4-5(2)3/h2-8H,1H3;6H,2-5H2,1H3;4H,1-3H2. The lowest BCUT2D eigenvalue weighted by atomic mass is 10.0. The second-order valence-corrected chi connectivity index (χ2v) is 25.0. The van der Waals surface area contributed by atoms with Gasteiger partial charge in [-0.1, -0.05) is 60.6 Å². The Labute approximate surface area is 230 Å². The average Bonchev–Trinajstić information content (AvgIpc) is 2.79. The molecule has 0 radical (unpaired) electrons. The van der Waals surface area contributed by atoms with E-state index < -0.39 is 15.2 Å². The molecule has 2 aromatic rings. The number of piperidine rings is 1. The monoisotopic (exact) mass is 683 g/mol. The maximum Gasteiger partial charge on any atom is 0.337 e. The van der Waals surface area contributed by atoms with Crippen LogP contribution in [0.15, 0.2) is 46.9 Å². The number of carbonyl (C=O) groups excluding carboxylic acids is 1. The molecule has 190 valence electrons. The van der Waals surface area contributed by atoms with Crippen LogP contribution in [0.1, 0.15) is 30.1 Å². The molecule has 2 aromatic carbocycles. The lowest BCUT2D eigenvalue weighted by Gasteiger charge is -2.26. The molecule has 0 saturated carbocycles. The third-order valence-corrected chi connectivity index (χ3v) is 19.0. The van der Waals surface area contributed by atoms with Crippen molar-refractivity contribution in [3.8, 4) is 11.1 Å². The quantitative estimate of drug-likeness (QED) is 0.185. The maximum absolute atomic E-state index is 11.4. The van der Waals surface area contributed by atoms with E-state index in [1.165, 1.54) is 11.4 Å². The highest BCUT2D eigenvalue weighted by Crippen LogP contribution is 2.71. The molecule has 1 saturated heterocycles. The number of ether oxygens (including phenoxy) is 1. The summed E-state index contributed by atoms with van der Waals surface area (Å²) in [6.07, 6.45) is 1.85. The van der Waals surface area contributed by atoms with E-state index in [0.29, 0.717) is 29.6 Å². The smallest absolute Gasteiger partial charge is 0.337 e. The molecule has 0 spiro atoms. The largest absolute Gasteiger partial charge is 0.465 e. The van der Waals surface area contributed by atoms with Gasteiger partial charge < -0.3 is 4.74 Å². The fourth-order valence-corrected chi connectivity index (χ4v) is 4.60. The summed E-state index contributed by atoms with van der Waals surface area (Å²) in [5.74, 6) is 0.238. The highest BCUT2D eigenvalue weighted by atomic mass is 79.9. The highest BCUT2D eigenvalue weighted by Gasteiger charge is 2.23. The number of rotatable bonds is 4. The van der Waals surface area contributed by atoms with Crippen molar-refractivity contribution in [3.05, 3.63) is 57.5 Å². The third kappa shape index (κ3) is 12.5. The predicted molar refractivity (Wildman–Crippen MR) is 165 cm³/mol. The van der Waals surface area contributed by atoms with Gasteiger partial charge in [0.1, 0.15) is 0 Å². The van der Waals surface area contributed by atoms with Gasteiger partial charge in [-0.3, -0.25) is 0 Å². The van der Waals surface area contributed by atoms with E-state index in [9.17, 15) is 13.2 Å². The SMILES string of the molecule is CC1CCN(S(=O)(=O)Cl)CC1.COC(=O)c1ccc(-c2cccc(Br)c2)c(Cl)c1.PPP(P)P. The summed E-state index contributed by atoms with van der Waals surface area (Å²) < 4.78 is 28.5. The van der Waals surface area contributed by atoms with Crippen molar-refractivity contribution in [1.29, 1.82) is 0 Å². The van der Waals surface area contributed by atoms with E-state index >= 15 is 0 Å². The van der Waals surface area contributed by atoms with Crippen LogP contribution in [-0.2, 0) is 14.0 Å². The number of nitrogens with zero attached hydrogens (tertiary/aromatic N) is 1. The minimum absolute atomic E-state index is 0.226. The lowest BCUT2D eigenvalue weighted by Crippen LogP contribution is -2.35. The summed E-state index contributed by atoms with van der Waals surface area (Å²) in [7, 11) is 12.3. The van der Waals surface area contributed by atoms with Crippen LogP contribution in [0.2, 0.25) is 5.02 Å². The van der Waals surface area contributed by atoms with Gasteiger partial charge in [0, 0.05) is 38.8 Å². The molecule has 5 nitrogen and oxygen atoms in total.